The van der Waals surface area contributed by atoms with Crippen molar-refractivity contribution in [2.75, 3.05) is 9.80 Å². The van der Waals surface area contributed by atoms with Crippen molar-refractivity contribution in [2.45, 2.75) is 78.6 Å². The van der Waals surface area contributed by atoms with Crippen LogP contribution in [0.4, 0.5) is 34.1 Å². The van der Waals surface area contributed by atoms with Gasteiger partial charge in [0.2, 0.25) is 0 Å². The highest BCUT2D eigenvalue weighted by molar-refractivity contribution is 7.25. The Kier molecular flexibility index (Phi) is 12.2. The average molecular weight is 1070 g/mol. The van der Waals surface area contributed by atoms with Crippen molar-refractivity contribution < 1.29 is 0 Å². The first kappa shape index (κ1) is 50.0. The number of fused-ring (bicyclic) bond motifs is 10. The van der Waals surface area contributed by atoms with Crippen molar-refractivity contribution in [3.8, 4) is 5.69 Å². The lowest BCUT2D eigenvalue weighted by atomic mass is 9.96. The van der Waals surface area contributed by atoms with Gasteiger partial charge < -0.3 is 14.4 Å². The number of anilines is 6. The zero-order valence-electron chi connectivity index (χ0n) is 46.3. The lowest BCUT2D eigenvalue weighted by Crippen LogP contribution is -2.37. The summed E-state index contributed by atoms with van der Waals surface area (Å²) in [5.74, 6) is 0. The zero-order chi connectivity index (χ0) is 53.1. The summed E-state index contributed by atoms with van der Waals surface area (Å²) in [6.07, 6.45) is 0. The summed E-state index contributed by atoms with van der Waals surface area (Å²) in [6.45, 7) is 29.3. The number of thiophene rings is 1. The van der Waals surface area contributed by atoms with Crippen molar-refractivity contribution in [1.82, 2.24) is 4.57 Å². The van der Waals surface area contributed by atoms with Gasteiger partial charge in [-0.2, -0.15) is 0 Å². The molecule has 12 aromatic rings. The van der Waals surface area contributed by atoms with Gasteiger partial charge in [0.1, 0.15) is 0 Å². The molecule has 378 valence electrons. The summed E-state index contributed by atoms with van der Waals surface area (Å²) >= 11 is 1.88. The largest absolute Gasteiger partial charge is 0.310 e. The third-order valence-corrected chi connectivity index (χ3v) is 25.2. The van der Waals surface area contributed by atoms with Crippen LogP contribution in [0, 0.1) is 0 Å². The molecule has 0 N–H and O–H groups in total. The van der Waals surface area contributed by atoms with Crippen molar-refractivity contribution in [2.24, 2.45) is 0 Å². The zero-order valence-corrected chi connectivity index (χ0v) is 51.1. The van der Waals surface area contributed by atoms with Crippen LogP contribution in [0.2, 0.25) is 78.6 Å². The number of rotatable bonds is 11. The average Bonchev–Trinajstić information content (AvgIpc) is 3.95. The van der Waals surface area contributed by atoms with Crippen LogP contribution in [-0.2, 0) is 0 Å². The van der Waals surface area contributed by atoms with Crippen molar-refractivity contribution in [1.29, 1.82) is 0 Å². The van der Waals surface area contributed by atoms with Gasteiger partial charge >= 0.3 is 0 Å². The Hall–Kier alpha value is -6.79. The van der Waals surface area contributed by atoms with Gasteiger partial charge in [0.15, 0.2) is 0 Å². The van der Waals surface area contributed by atoms with Gasteiger partial charge in [-0.25, -0.2) is 0 Å². The molecule has 3 nitrogen and oxygen atoms in total. The highest BCUT2D eigenvalue weighted by atomic mass is 32.1. The Morgan fingerprint density at radius 2 is 0.618 bits per heavy atom. The summed E-state index contributed by atoms with van der Waals surface area (Å²) in [6, 6.07) is 77.5. The highest BCUT2D eigenvalue weighted by Gasteiger charge is 2.28. The van der Waals surface area contributed by atoms with Crippen LogP contribution in [-0.4, -0.2) is 36.9 Å². The van der Waals surface area contributed by atoms with Crippen LogP contribution in [0.5, 0.6) is 0 Å². The smallest absolute Gasteiger partial charge is 0.0775 e. The summed E-state index contributed by atoms with van der Waals surface area (Å²) in [7, 11) is -6.28. The normalized spacial score (nSPS) is 12.7. The topological polar surface area (TPSA) is 11.4 Å². The van der Waals surface area contributed by atoms with E-state index in [-0.39, 0.29) is 0 Å². The molecule has 2 heterocycles. The van der Waals surface area contributed by atoms with Gasteiger partial charge in [0, 0.05) is 70.2 Å². The molecule has 0 spiro atoms. The number of nitrogens with zero attached hydrogens (tertiary/aromatic N) is 3. The standard InChI is InChI=1S/C68H69N3SSi4/c1-73(2,3)51-34-25-46(26-35-51)69(47-27-36-52(37-28-47)74(4,5)6)61-44-63-67(58-22-15-13-19-55(58)61)68-59-23-16-14-20-56(59)62(45-64(68)71(63)50-33-42-66-60(43-50)57-21-17-18-24-65(57)72-66)70(48-29-38-53(39-30-48)75(7,8)9)49-31-40-54(41-32-49)76(10,11)12/h13-45H,1-12H3. The molecule has 0 atom stereocenters. The maximum Gasteiger partial charge on any atom is 0.0775 e. The molecule has 0 bridgehead atoms. The van der Waals surface area contributed by atoms with Gasteiger partial charge in [-0.15, -0.1) is 11.3 Å². The highest BCUT2D eigenvalue weighted by Crippen LogP contribution is 2.50. The van der Waals surface area contributed by atoms with Crippen LogP contribution in [0.25, 0.3) is 69.2 Å². The third kappa shape index (κ3) is 8.78. The molecule has 0 amide bonds. The lowest BCUT2D eigenvalue weighted by molar-refractivity contribution is 1.18. The summed E-state index contributed by atoms with van der Waals surface area (Å²) < 4.78 is 5.21. The molecule has 0 aliphatic carbocycles. The first-order chi connectivity index (χ1) is 36.2. The fourth-order valence-electron chi connectivity index (χ4n) is 11.5. The summed E-state index contributed by atoms with van der Waals surface area (Å²) in [4.78, 5) is 5.06. The number of benzene rings is 10. The molecule has 0 unspecified atom stereocenters. The number of aromatic nitrogens is 1. The van der Waals surface area contributed by atoms with Crippen LogP contribution in [0.3, 0.4) is 0 Å². The Labute approximate surface area is 457 Å². The van der Waals surface area contributed by atoms with Gasteiger partial charge in [0.25, 0.3) is 0 Å². The van der Waals surface area contributed by atoms with E-state index in [2.05, 4.69) is 293 Å². The molecular formula is C68H69N3SSi4. The maximum absolute atomic E-state index is 2.60. The van der Waals surface area contributed by atoms with Crippen molar-refractivity contribution >= 4 is 162 Å². The monoisotopic (exact) mass is 1070 g/mol. The molecule has 76 heavy (non-hydrogen) atoms. The molecule has 12 rings (SSSR count). The molecule has 10 aromatic carbocycles. The fraction of sp³-hybridized carbons (Fsp3) is 0.176. The van der Waals surface area contributed by atoms with Gasteiger partial charge in [-0.05, 0) is 95.7 Å². The van der Waals surface area contributed by atoms with E-state index in [1.54, 1.807) is 0 Å². The van der Waals surface area contributed by atoms with Gasteiger partial charge in [0.05, 0.1) is 54.7 Å². The third-order valence-electron chi connectivity index (χ3n) is 15.8. The van der Waals surface area contributed by atoms with E-state index in [1.165, 1.54) is 84.3 Å². The van der Waals surface area contributed by atoms with Crippen LogP contribution in [0.1, 0.15) is 0 Å². The lowest BCUT2D eigenvalue weighted by Gasteiger charge is -2.29. The van der Waals surface area contributed by atoms with E-state index in [9.17, 15) is 0 Å². The molecular weight excluding hydrogens is 1000 g/mol. The Bertz CT molecular complexity index is 3850. The Morgan fingerprint density at radius 1 is 0.303 bits per heavy atom. The van der Waals surface area contributed by atoms with Crippen LogP contribution in [0.15, 0.2) is 200 Å². The van der Waals surface area contributed by atoms with Crippen LogP contribution >= 0.6 is 11.3 Å². The minimum Gasteiger partial charge on any atom is -0.310 e. The summed E-state index contributed by atoms with van der Waals surface area (Å²) in [5.41, 5.74) is 10.5. The first-order valence-electron chi connectivity index (χ1n) is 27.1. The molecule has 0 aliphatic rings. The Morgan fingerprint density at radius 3 is 0.974 bits per heavy atom. The molecule has 0 fully saturated rings. The molecule has 0 aliphatic heterocycles. The van der Waals surface area contributed by atoms with E-state index in [1.807, 2.05) is 11.3 Å². The SMILES string of the molecule is C[Si](C)(C)c1ccc(N(c2ccc([Si](C)(C)C)cc2)c2cc3c(c4ccccc24)c2c4ccccc4c(N(c4ccc([Si](C)(C)C)cc4)c4ccc([Si](C)(C)C)cc4)cc2n3-c2ccc3sc4ccccc4c3c2)cc1. The maximum atomic E-state index is 2.60. The summed E-state index contributed by atoms with van der Waals surface area (Å²) in [5, 5.41) is 15.9. The van der Waals surface area contributed by atoms with E-state index in [4.69, 9.17) is 0 Å². The predicted molar refractivity (Wildman–Crippen MR) is 350 cm³/mol. The second kappa shape index (κ2) is 18.5. The minimum atomic E-state index is -1.57. The molecule has 8 heteroatoms. The van der Waals surface area contributed by atoms with Crippen molar-refractivity contribution in [3.05, 3.63) is 200 Å². The van der Waals surface area contributed by atoms with Gasteiger partial charge in [-0.3, -0.25) is 0 Å². The van der Waals surface area contributed by atoms with E-state index < -0.39 is 32.3 Å². The minimum absolute atomic E-state index is 1.15. The van der Waals surface area contributed by atoms with Crippen LogP contribution < -0.4 is 30.5 Å². The number of hydrogen-bond donors (Lipinski definition) is 0. The van der Waals surface area contributed by atoms with Gasteiger partial charge in [-0.1, -0.05) is 215 Å². The van der Waals surface area contributed by atoms with Crippen molar-refractivity contribution in [3.63, 3.8) is 0 Å². The number of hydrogen-bond acceptors (Lipinski definition) is 3. The molecule has 0 radical (unpaired) electrons. The second-order valence-electron chi connectivity index (χ2n) is 25.1. The Balaban J connectivity index is 1.22. The van der Waals surface area contributed by atoms with E-state index in [0.717, 1.165) is 39.8 Å². The second-order valence-corrected chi connectivity index (χ2v) is 46.5. The molecule has 0 saturated heterocycles. The first-order valence-corrected chi connectivity index (χ1v) is 41.9. The molecule has 0 saturated carbocycles. The van der Waals surface area contributed by atoms with E-state index in [0.29, 0.717) is 0 Å². The molecule has 2 aromatic heterocycles. The predicted octanol–water partition coefficient (Wildman–Crippen LogP) is 18.6. The fourth-order valence-corrected chi connectivity index (χ4v) is 17.2. The van der Waals surface area contributed by atoms with E-state index >= 15 is 0 Å². The quantitative estimate of drug-likeness (QED) is 0.120.